The molecule has 0 saturated heterocycles. The van der Waals surface area contributed by atoms with Crippen LogP contribution in [0, 0.1) is 0 Å². The number of anilines is 1. The third-order valence-electron chi connectivity index (χ3n) is 3.41. The van der Waals surface area contributed by atoms with Crippen molar-refractivity contribution in [3.8, 4) is 0 Å². The van der Waals surface area contributed by atoms with Crippen LogP contribution in [0.4, 0.5) is 5.69 Å². The van der Waals surface area contributed by atoms with Crippen molar-refractivity contribution in [2.75, 3.05) is 12.4 Å². The molecule has 0 aliphatic carbocycles. The van der Waals surface area contributed by atoms with Gasteiger partial charge in [-0.15, -0.1) is 4.40 Å². The van der Waals surface area contributed by atoms with Crippen molar-refractivity contribution in [1.82, 2.24) is 5.32 Å². The molecule has 10 nitrogen and oxygen atoms in total. The minimum atomic E-state index is -4.00. The first-order valence-corrected chi connectivity index (χ1v) is 9.74. The summed E-state index contributed by atoms with van der Waals surface area (Å²) < 4.78 is 31.6. The SMILES string of the molecule is COC(=O)c1cccc(C(=O)NC(=S)Nc2ccc(S(=O)(=O)N=C(N)N)cc2)c1. The molecule has 0 aromatic heterocycles. The molecule has 12 heteroatoms. The van der Waals surface area contributed by atoms with Crippen LogP contribution in [0.5, 0.6) is 0 Å². The maximum Gasteiger partial charge on any atom is 0.337 e. The molecular weight excluding hydrogens is 418 g/mol. The second-order valence-electron chi connectivity index (χ2n) is 5.50. The number of hydrogen-bond acceptors (Lipinski definition) is 6. The van der Waals surface area contributed by atoms with Gasteiger partial charge in [0, 0.05) is 11.3 Å². The smallest absolute Gasteiger partial charge is 0.337 e. The molecule has 0 bridgehead atoms. The Bertz CT molecular complexity index is 1080. The Hall–Kier alpha value is -3.51. The Balaban J connectivity index is 2.05. The number of sulfonamides is 1. The average Bonchev–Trinajstić information content (AvgIpc) is 2.66. The van der Waals surface area contributed by atoms with Gasteiger partial charge in [0.2, 0.25) is 5.96 Å². The Labute approximate surface area is 172 Å². The molecule has 0 unspecified atom stereocenters. The summed E-state index contributed by atoms with van der Waals surface area (Å²) in [5.41, 5.74) is 11.0. The van der Waals surface area contributed by atoms with Gasteiger partial charge in [-0.05, 0) is 54.7 Å². The van der Waals surface area contributed by atoms with Gasteiger partial charge in [0.25, 0.3) is 15.9 Å². The van der Waals surface area contributed by atoms with Crippen LogP contribution >= 0.6 is 12.2 Å². The third kappa shape index (κ3) is 5.99. The lowest BCUT2D eigenvalue weighted by molar-refractivity contribution is 0.0600. The molecule has 2 rings (SSSR count). The van der Waals surface area contributed by atoms with Gasteiger partial charge in [0.1, 0.15) is 0 Å². The molecule has 29 heavy (non-hydrogen) atoms. The Kier molecular flexibility index (Phi) is 6.85. The molecule has 0 saturated carbocycles. The summed E-state index contributed by atoms with van der Waals surface area (Å²) in [7, 11) is -2.77. The zero-order valence-corrected chi connectivity index (χ0v) is 16.7. The fourth-order valence-corrected chi connectivity index (χ4v) is 3.22. The lowest BCUT2D eigenvalue weighted by Gasteiger charge is -2.10. The maximum atomic E-state index is 12.3. The van der Waals surface area contributed by atoms with Crippen molar-refractivity contribution in [3.63, 3.8) is 0 Å². The molecule has 2 aromatic rings. The first-order valence-electron chi connectivity index (χ1n) is 7.89. The average molecular weight is 435 g/mol. The number of guanidine groups is 1. The minimum absolute atomic E-state index is 0.0294. The van der Waals surface area contributed by atoms with Crippen molar-refractivity contribution in [2.24, 2.45) is 15.9 Å². The van der Waals surface area contributed by atoms with Gasteiger partial charge in [0.15, 0.2) is 5.11 Å². The number of carbonyl (C=O) groups excluding carboxylic acids is 2. The van der Waals surface area contributed by atoms with Crippen molar-refractivity contribution >= 4 is 50.9 Å². The molecule has 0 atom stereocenters. The Morgan fingerprint density at radius 3 is 2.28 bits per heavy atom. The van der Waals surface area contributed by atoms with E-state index in [2.05, 4.69) is 19.8 Å². The molecule has 0 radical (unpaired) electrons. The number of amides is 1. The van der Waals surface area contributed by atoms with Gasteiger partial charge in [0.05, 0.1) is 17.6 Å². The maximum absolute atomic E-state index is 12.3. The lowest BCUT2D eigenvalue weighted by Crippen LogP contribution is -2.34. The van der Waals surface area contributed by atoms with Gasteiger partial charge in [-0.25, -0.2) is 4.79 Å². The molecule has 0 spiro atoms. The summed E-state index contributed by atoms with van der Waals surface area (Å²) in [6.45, 7) is 0. The summed E-state index contributed by atoms with van der Waals surface area (Å²) in [4.78, 5) is 23.7. The highest BCUT2D eigenvalue weighted by Crippen LogP contribution is 2.16. The summed E-state index contributed by atoms with van der Waals surface area (Å²) in [6, 6.07) is 11.3. The van der Waals surface area contributed by atoms with E-state index >= 15 is 0 Å². The number of rotatable bonds is 5. The highest BCUT2D eigenvalue weighted by molar-refractivity contribution is 7.90. The van der Waals surface area contributed by atoms with Gasteiger partial charge in [-0.2, -0.15) is 8.42 Å². The fraction of sp³-hybridized carbons (Fsp3) is 0.0588. The standard InChI is InChI=1S/C17H17N5O5S2/c1-27-15(24)11-4-2-3-10(9-11)14(23)21-17(28)20-12-5-7-13(8-6-12)29(25,26)22-16(18)19/h2-9H,1H3,(H4,18,19,22)(H2,20,21,23,28). The second kappa shape index (κ2) is 9.12. The lowest BCUT2D eigenvalue weighted by atomic mass is 10.1. The summed E-state index contributed by atoms with van der Waals surface area (Å²) in [6.07, 6.45) is 0. The first-order chi connectivity index (χ1) is 13.6. The predicted molar refractivity (Wildman–Crippen MR) is 111 cm³/mol. The van der Waals surface area contributed by atoms with E-state index in [1.165, 1.54) is 55.6 Å². The molecule has 1 amide bonds. The van der Waals surface area contributed by atoms with Gasteiger partial charge in [-0.3, -0.25) is 10.1 Å². The number of methoxy groups -OCH3 is 1. The number of benzene rings is 2. The van der Waals surface area contributed by atoms with Crippen molar-refractivity contribution in [1.29, 1.82) is 0 Å². The zero-order valence-electron chi connectivity index (χ0n) is 15.1. The molecule has 152 valence electrons. The predicted octanol–water partition coefficient (Wildman–Crippen LogP) is 0.562. The van der Waals surface area contributed by atoms with Crippen LogP contribution in [0.25, 0.3) is 0 Å². The van der Waals surface area contributed by atoms with E-state index in [0.717, 1.165) is 0 Å². The third-order valence-corrected chi connectivity index (χ3v) is 4.93. The summed E-state index contributed by atoms with van der Waals surface area (Å²) >= 11 is 5.08. The van der Waals surface area contributed by atoms with Crippen LogP contribution < -0.4 is 22.1 Å². The summed E-state index contributed by atoms with van der Waals surface area (Å²) in [5.74, 6) is -1.69. The number of nitrogens with zero attached hydrogens (tertiary/aromatic N) is 1. The quantitative estimate of drug-likeness (QED) is 0.227. The van der Waals surface area contributed by atoms with Crippen LogP contribution in [-0.2, 0) is 14.8 Å². The number of esters is 1. The Morgan fingerprint density at radius 2 is 1.69 bits per heavy atom. The van der Waals surface area contributed by atoms with Gasteiger partial charge >= 0.3 is 5.97 Å². The van der Waals surface area contributed by atoms with Crippen LogP contribution in [0.15, 0.2) is 57.8 Å². The number of hydrogen-bond donors (Lipinski definition) is 4. The molecular formula is C17H17N5O5S2. The van der Waals surface area contributed by atoms with E-state index in [9.17, 15) is 18.0 Å². The van der Waals surface area contributed by atoms with Crippen molar-refractivity contribution in [2.45, 2.75) is 4.90 Å². The van der Waals surface area contributed by atoms with Gasteiger partial charge < -0.3 is 21.5 Å². The van der Waals surface area contributed by atoms with E-state index in [1.54, 1.807) is 0 Å². The molecule has 0 heterocycles. The van der Waals surface area contributed by atoms with Crippen LogP contribution in [0.1, 0.15) is 20.7 Å². The van der Waals surface area contributed by atoms with E-state index in [0.29, 0.717) is 5.69 Å². The minimum Gasteiger partial charge on any atom is -0.465 e. The van der Waals surface area contributed by atoms with Crippen molar-refractivity contribution < 1.29 is 22.7 Å². The number of nitrogens with one attached hydrogen (secondary N) is 2. The van der Waals surface area contributed by atoms with E-state index < -0.39 is 27.9 Å². The van der Waals surface area contributed by atoms with Crippen LogP contribution in [-0.4, -0.2) is 38.5 Å². The molecule has 0 fully saturated rings. The van der Waals surface area contributed by atoms with Gasteiger partial charge in [-0.1, -0.05) is 6.07 Å². The molecule has 0 aliphatic rings. The topological polar surface area (TPSA) is 166 Å². The second-order valence-corrected chi connectivity index (χ2v) is 7.51. The largest absolute Gasteiger partial charge is 0.465 e. The van der Waals surface area contributed by atoms with E-state index in [1.807, 2.05) is 0 Å². The number of carbonyl (C=O) groups is 2. The van der Waals surface area contributed by atoms with Crippen LogP contribution in [0.2, 0.25) is 0 Å². The molecule has 6 N–H and O–H groups in total. The Morgan fingerprint density at radius 1 is 1.07 bits per heavy atom. The monoisotopic (exact) mass is 435 g/mol. The highest BCUT2D eigenvalue weighted by atomic mass is 32.2. The van der Waals surface area contributed by atoms with Crippen LogP contribution in [0.3, 0.4) is 0 Å². The zero-order chi connectivity index (χ0) is 21.6. The number of ether oxygens (including phenoxy) is 1. The van der Waals surface area contributed by atoms with E-state index in [-0.39, 0.29) is 21.1 Å². The fourth-order valence-electron chi connectivity index (χ4n) is 2.14. The molecule has 2 aromatic carbocycles. The summed E-state index contributed by atoms with van der Waals surface area (Å²) in [5, 5.41) is 5.16. The normalized spacial score (nSPS) is 10.5. The highest BCUT2D eigenvalue weighted by Gasteiger charge is 2.14. The molecule has 0 aliphatic heterocycles. The van der Waals surface area contributed by atoms with E-state index in [4.69, 9.17) is 23.7 Å². The number of nitrogens with two attached hydrogens (primary N) is 2. The first kappa shape index (κ1) is 21.8. The number of thiocarbonyl (C=S) groups is 1. The van der Waals surface area contributed by atoms with Crippen molar-refractivity contribution in [3.05, 3.63) is 59.7 Å².